The van der Waals surface area contributed by atoms with Crippen LogP contribution in [0.2, 0.25) is 0 Å². The topological polar surface area (TPSA) is 12.4 Å². The van der Waals surface area contributed by atoms with Gasteiger partial charge in [0.05, 0.1) is 5.71 Å². The number of hydrogen-bond donors (Lipinski definition) is 0. The van der Waals surface area contributed by atoms with Gasteiger partial charge in [-0.15, -0.1) is 0 Å². The van der Waals surface area contributed by atoms with Crippen LogP contribution < -0.4 is 0 Å². The van der Waals surface area contributed by atoms with Gasteiger partial charge >= 0.3 is 0 Å². The van der Waals surface area contributed by atoms with Crippen LogP contribution >= 0.6 is 0 Å². The molecular formula is C12H21N. The Morgan fingerprint density at radius 2 is 1.69 bits per heavy atom. The van der Waals surface area contributed by atoms with Crippen molar-refractivity contribution in [2.45, 2.75) is 34.6 Å². The average Bonchev–Trinajstić information content (AvgIpc) is 2.01. The standard InChI is InChI=1S/C12H21N/c1-7-9-11(13-6)10(8-2)12(3,4)5/h7-9H,1-6H3/b9-7-,10-8+,13-11?. The number of aliphatic imine (C=N–C) groups is 1. The van der Waals surface area contributed by atoms with E-state index in [9.17, 15) is 0 Å². The highest BCUT2D eigenvalue weighted by atomic mass is 14.7. The molecule has 0 N–H and O–H groups in total. The van der Waals surface area contributed by atoms with E-state index in [1.54, 1.807) is 0 Å². The molecule has 0 spiro atoms. The first-order valence-corrected chi connectivity index (χ1v) is 4.74. The lowest BCUT2D eigenvalue weighted by atomic mass is 9.83. The molecular weight excluding hydrogens is 158 g/mol. The lowest BCUT2D eigenvalue weighted by Crippen LogP contribution is -2.16. The summed E-state index contributed by atoms with van der Waals surface area (Å²) in [6.45, 7) is 10.7. The summed E-state index contributed by atoms with van der Waals surface area (Å²) < 4.78 is 0. The lowest BCUT2D eigenvalue weighted by molar-refractivity contribution is 0.524. The third-order valence-corrected chi connectivity index (χ3v) is 1.94. The Balaban J connectivity index is 5.01. The molecule has 1 heteroatoms. The van der Waals surface area contributed by atoms with Crippen molar-refractivity contribution in [3.8, 4) is 0 Å². The summed E-state index contributed by atoms with van der Waals surface area (Å²) in [6.07, 6.45) is 6.22. The average molecular weight is 179 g/mol. The second-order valence-electron chi connectivity index (χ2n) is 4.06. The minimum Gasteiger partial charge on any atom is -0.288 e. The SMILES string of the molecule is C/C=C\C(=NC)/C(=C\C)C(C)(C)C. The molecule has 0 aliphatic heterocycles. The summed E-state index contributed by atoms with van der Waals surface area (Å²) in [7, 11) is 1.84. The molecule has 0 heterocycles. The predicted molar refractivity (Wildman–Crippen MR) is 61.4 cm³/mol. The van der Waals surface area contributed by atoms with Gasteiger partial charge in [0.2, 0.25) is 0 Å². The summed E-state index contributed by atoms with van der Waals surface area (Å²) in [4.78, 5) is 4.28. The summed E-state index contributed by atoms with van der Waals surface area (Å²) in [6, 6.07) is 0. The van der Waals surface area contributed by atoms with Crippen LogP contribution in [0.3, 0.4) is 0 Å². The smallest absolute Gasteiger partial charge is 0.0601 e. The molecule has 0 saturated carbocycles. The largest absolute Gasteiger partial charge is 0.288 e. The van der Waals surface area contributed by atoms with Crippen molar-refractivity contribution in [3.05, 3.63) is 23.8 Å². The minimum atomic E-state index is 0.170. The molecule has 0 radical (unpaired) electrons. The maximum Gasteiger partial charge on any atom is 0.0601 e. The Morgan fingerprint density at radius 1 is 1.15 bits per heavy atom. The zero-order valence-corrected chi connectivity index (χ0v) is 9.68. The molecule has 0 fully saturated rings. The van der Waals surface area contributed by atoms with E-state index in [1.165, 1.54) is 5.57 Å². The quantitative estimate of drug-likeness (QED) is 0.574. The lowest BCUT2D eigenvalue weighted by Gasteiger charge is -2.22. The molecule has 0 rings (SSSR count). The Kier molecular flexibility index (Phi) is 4.68. The minimum absolute atomic E-state index is 0.170. The predicted octanol–water partition coefficient (Wildman–Crippen LogP) is 3.63. The van der Waals surface area contributed by atoms with Crippen molar-refractivity contribution in [1.82, 2.24) is 0 Å². The maximum absolute atomic E-state index is 4.28. The first kappa shape index (κ1) is 12.2. The summed E-state index contributed by atoms with van der Waals surface area (Å²) >= 11 is 0. The van der Waals surface area contributed by atoms with E-state index in [1.807, 2.05) is 20.0 Å². The Morgan fingerprint density at radius 3 is 1.92 bits per heavy atom. The zero-order chi connectivity index (χ0) is 10.5. The molecule has 0 aromatic carbocycles. The van der Waals surface area contributed by atoms with E-state index in [0.29, 0.717) is 0 Å². The summed E-state index contributed by atoms with van der Waals surface area (Å²) in [5, 5.41) is 0. The molecule has 0 aromatic rings. The van der Waals surface area contributed by atoms with Crippen molar-refractivity contribution in [3.63, 3.8) is 0 Å². The third-order valence-electron chi connectivity index (χ3n) is 1.94. The van der Waals surface area contributed by atoms with Crippen LogP contribution in [-0.4, -0.2) is 12.8 Å². The van der Waals surface area contributed by atoms with E-state index in [2.05, 4.69) is 44.8 Å². The van der Waals surface area contributed by atoms with Gasteiger partial charge < -0.3 is 0 Å². The molecule has 0 unspecified atom stereocenters. The van der Waals surface area contributed by atoms with Crippen molar-refractivity contribution < 1.29 is 0 Å². The molecule has 0 atom stereocenters. The van der Waals surface area contributed by atoms with Crippen LogP contribution in [0.15, 0.2) is 28.8 Å². The monoisotopic (exact) mass is 179 g/mol. The Labute approximate surface area is 82.3 Å². The van der Waals surface area contributed by atoms with Gasteiger partial charge in [-0.1, -0.05) is 32.9 Å². The summed E-state index contributed by atoms with van der Waals surface area (Å²) in [5.41, 5.74) is 2.55. The van der Waals surface area contributed by atoms with Gasteiger partial charge in [0.1, 0.15) is 0 Å². The zero-order valence-electron chi connectivity index (χ0n) is 9.68. The van der Waals surface area contributed by atoms with Crippen molar-refractivity contribution >= 4 is 5.71 Å². The molecule has 0 amide bonds. The number of rotatable bonds is 2. The molecule has 0 aromatic heterocycles. The van der Waals surface area contributed by atoms with E-state index in [0.717, 1.165) is 5.71 Å². The maximum atomic E-state index is 4.28. The van der Waals surface area contributed by atoms with Crippen LogP contribution in [0.5, 0.6) is 0 Å². The third kappa shape index (κ3) is 3.58. The van der Waals surface area contributed by atoms with Crippen LogP contribution in [0.25, 0.3) is 0 Å². The fourth-order valence-electron chi connectivity index (χ4n) is 1.41. The number of allylic oxidation sites excluding steroid dienone is 4. The Hall–Kier alpha value is -0.850. The van der Waals surface area contributed by atoms with Gasteiger partial charge in [0.15, 0.2) is 0 Å². The molecule has 0 saturated heterocycles. The first-order valence-electron chi connectivity index (χ1n) is 4.74. The molecule has 13 heavy (non-hydrogen) atoms. The van der Waals surface area contributed by atoms with Crippen molar-refractivity contribution in [2.24, 2.45) is 10.4 Å². The van der Waals surface area contributed by atoms with Crippen LogP contribution in [0.4, 0.5) is 0 Å². The summed E-state index contributed by atoms with van der Waals surface area (Å²) in [5.74, 6) is 0. The van der Waals surface area contributed by atoms with Gasteiger partial charge in [-0.3, -0.25) is 4.99 Å². The highest BCUT2D eigenvalue weighted by Gasteiger charge is 2.18. The highest BCUT2D eigenvalue weighted by Crippen LogP contribution is 2.26. The van der Waals surface area contributed by atoms with E-state index in [-0.39, 0.29) is 5.41 Å². The van der Waals surface area contributed by atoms with Crippen molar-refractivity contribution in [2.75, 3.05) is 7.05 Å². The second kappa shape index (κ2) is 5.00. The number of nitrogens with zero attached hydrogens (tertiary/aromatic N) is 1. The van der Waals surface area contributed by atoms with E-state index < -0.39 is 0 Å². The Bertz CT molecular complexity index is 236. The first-order chi connectivity index (χ1) is 5.97. The molecule has 0 bridgehead atoms. The van der Waals surface area contributed by atoms with E-state index >= 15 is 0 Å². The van der Waals surface area contributed by atoms with Crippen molar-refractivity contribution in [1.29, 1.82) is 0 Å². The van der Waals surface area contributed by atoms with E-state index in [4.69, 9.17) is 0 Å². The van der Waals surface area contributed by atoms with Gasteiger partial charge in [0, 0.05) is 7.05 Å². The van der Waals surface area contributed by atoms with Crippen LogP contribution in [0, 0.1) is 5.41 Å². The molecule has 74 valence electrons. The number of hydrogen-bond acceptors (Lipinski definition) is 1. The van der Waals surface area contributed by atoms with Crippen LogP contribution in [0.1, 0.15) is 34.6 Å². The van der Waals surface area contributed by atoms with Gasteiger partial charge in [0.25, 0.3) is 0 Å². The van der Waals surface area contributed by atoms with Crippen LogP contribution in [-0.2, 0) is 0 Å². The molecule has 0 aliphatic carbocycles. The normalized spacial score (nSPS) is 15.5. The van der Waals surface area contributed by atoms with Gasteiger partial charge in [-0.05, 0) is 30.9 Å². The second-order valence-corrected chi connectivity index (χ2v) is 4.06. The molecule has 0 aliphatic rings. The van der Waals surface area contributed by atoms with Gasteiger partial charge in [-0.2, -0.15) is 0 Å². The highest BCUT2D eigenvalue weighted by molar-refractivity contribution is 6.09. The fraction of sp³-hybridized carbons (Fsp3) is 0.583. The fourth-order valence-corrected chi connectivity index (χ4v) is 1.41. The molecule has 1 nitrogen and oxygen atoms in total. The van der Waals surface area contributed by atoms with Gasteiger partial charge in [-0.25, -0.2) is 0 Å².